The molecule has 0 fully saturated rings. The van der Waals surface area contributed by atoms with E-state index in [1.165, 1.54) is 27.8 Å². The molecule has 1 aromatic carbocycles. The van der Waals surface area contributed by atoms with E-state index in [0.717, 1.165) is 6.42 Å². The lowest BCUT2D eigenvalue weighted by atomic mass is 9.92. The number of aryl methyl sites for hydroxylation is 2. The van der Waals surface area contributed by atoms with E-state index in [0.29, 0.717) is 0 Å². The highest BCUT2D eigenvalue weighted by Gasteiger charge is 2.06. The Balaban J connectivity index is 3.24. The largest absolute Gasteiger partial charge is 0.0913 e. The highest BCUT2D eigenvalue weighted by molar-refractivity contribution is 5.44. The Morgan fingerprint density at radius 1 is 1.00 bits per heavy atom. The first kappa shape index (κ1) is 11.0. The van der Waals surface area contributed by atoms with Crippen LogP contribution in [-0.2, 0) is 6.42 Å². The van der Waals surface area contributed by atoms with Gasteiger partial charge in [0.15, 0.2) is 0 Å². The van der Waals surface area contributed by atoms with Gasteiger partial charge in [0.05, 0.1) is 0 Å². The molecule has 0 nitrogen and oxygen atoms in total. The molecule has 1 rings (SSSR count). The molecule has 0 amide bonds. The fourth-order valence-electron chi connectivity index (χ4n) is 1.84. The summed E-state index contributed by atoms with van der Waals surface area (Å²) >= 11 is 0. The van der Waals surface area contributed by atoms with Gasteiger partial charge in [-0.05, 0) is 68.9 Å². The molecule has 0 unspecified atom stereocenters. The standard InChI is InChI=1S/C14H20/c1-6-7-8-14-12(4)10(2)9-11(3)13(14)5/h6-7,9H,8H2,1-5H3. The van der Waals surface area contributed by atoms with Crippen LogP contribution in [0, 0.1) is 27.7 Å². The molecule has 0 aliphatic carbocycles. The Morgan fingerprint density at radius 2 is 1.50 bits per heavy atom. The Bertz CT molecular complexity index is 331. The summed E-state index contributed by atoms with van der Waals surface area (Å²) in [6.45, 7) is 10.9. The first-order chi connectivity index (χ1) is 6.57. The molecule has 0 saturated carbocycles. The monoisotopic (exact) mass is 188 g/mol. The first-order valence-electron chi connectivity index (χ1n) is 5.25. The van der Waals surface area contributed by atoms with Crippen molar-refractivity contribution in [1.82, 2.24) is 0 Å². The van der Waals surface area contributed by atoms with Crippen molar-refractivity contribution in [3.05, 3.63) is 46.0 Å². The van der Waals surface area contributed by atoms with E-state index in [4.69, 9.17) is 0 Å². The number of benzene rings is 1. The van der Waals surface area contributed by atoms with Crippen LogP contribution in [0.25, 0.3) is 0 Å². The summed E-state index contributed by atoms with van der Waals surface area (Å²) < 4.78 is 0. The van der Waals surface area contributed by atoms with Gasteiger partial charge in [-0.3, -0.25) is 0 Å². The molecule has 0 bridgehead atoms. The van der Waals surface area contributed by atoms with Gasteiger partial charge < -0.3 is 0 Å². The fraction of sp³-hybridized carbons (Fsp3) is 0.429. The van der Waals surface area contributed by atoms with E-state index in [-0.39, 0.29) is 0 Å². The zero-order valence-electron chi connectivity index (χ0n) is 9.94. The van der Waals surface area contributed by atoms with Crippen molar-refractivity contribution in [1.29, 1.82) is 0 Å². The summed E-state index contributed by atoms with van der Waals surface area (Å²) in [7, 11) is 0. The molecule has 0 heterocycles. The Hall–Kier alpha value is -1.04. The highest BCUT2D eigenvalue weighted by atomic mass is 14.1. The van der Waals surface area contributed by atoms with Crippen LogP contribution >= 0.6 is 0 Å². The van der Waals surface area contributed by atoms with Crippen LogP contribution < -0.4 is 0 Å². The van der Waals surface area contributed by atoms with Crippen LogP contribution in [0.15, 0.2) is 18.2 Å². The van der Waals surface area contributed by atoms with Crippen molar-refractivity contribution in [2.24, 2.45) is 0 Å². The third-order valence-corrected chi connectivity index (χ3v) is 3.08. The van der Waals surface area contributed by atoms with E-state index < -0.39 is 0 Å². The van der Waals surface area contributed by atoms with E-state index >= 15 is 0 Å². The van der Waals surface area contributed by atoms with Crippen LogP contribution in [0.4, 0.5) is 0 Å². The quantitative estimate of drug-likeness (QED) is 0.614. The van der Waals surface area contributed by atoms with Gasteiger partial charge in [0, 0.05) is 0 Å². The maximum atomic E-state index is 2.28. The minimum absolute atomic E-state index is 1.07. The molecule has 0 radical (unpaired) electrons. The van der Waals surface area contributed by atoms with Gasteiger partial charge in [-0.15, -0.1) is 0 Å². The van der Waals surface area contributed by atoms with Crippen molar-refractivity contribution < 1.29 is 0 Å². The first-order valence-corrected chi connectivity index (χ1v) is 5.25. The van der Waals surface area contributed by atoms with E-state index in [9.17, 15) is 0 Å². The van der Waals surface area contributed by atoms with Gasteiger partial charge >= 0.3 is 0 Å². The molecule has 0 spiro atoms. The second-order valence-electron chi connectivity index (χ2n) is 4.01. The third kappa shape index (κ3) is 2.06. The number of allylic oxidation sites excluding steroid dienone is 2. The summed E-state index contributed by atoms with van der Waals surface area (Å²) in [5.41, 5.74) is 7.22. The third-order valence-electron chi connectivity index (χ3n) is 3.08. The summed E-state index contributed by atoms with van der Waals surface area (Å²) in [5, 5.41) is 0. The number of hydrogen-bond donors (Lipinski definition) is 0. The maximum absolute atomic E-state index is 2.28. The van der Waals surface area contributed by atoms with Gasteiger partial charge in [-0.25, -0.2) is 0 Å². The average molecular weight is 188 g/mol. The molecule has 0 aliphatic heterocycles. The van der Waals surface area contributed by atoms with E-state index in [2.05, 4.69) is 52.8 Å². The molecule has 0 saturated heterocycles. The van der Waals surface area contributed by atoms with Gasteiger partial charge in [-0.2, -0.15) is 0 Å². The molecule has 0 aromatic heterocycles. The summed E-state index contributed by atoms with van der Waals surface area (Å²) in [6.07, 6.45) is 5.42. The topological polar surface area (TPSA) is 0 Å². The SMILES string of the molecule is CC=CCc1c(C)c(C)cc(C)c1C. The number of hydrogen-bond acceptors (Lipinski definition) is 0. The van der Waals surface area contributed by atoms with Crippen LogP contribution in [0.3, 0.4) is 0 Å². The highest BCUT2D eigenvalue weighted by Crippen LogP contribution is 2.22. The van der Waals surface area contributed by atoms with Gasteiger partial charge in [0.1, 0.15) is 0 Å². The molecular weight excluding hydrogens is 168 g/mol. The number of rotatable bonds is 2. The lowest BCUT2D eigenvalue weighted by Gasteiger charge is -2.13. The zero-order valence-corrected chi connectivity index (χ0v) is 9.94. The minimum atomic E-state index is 1.07. The lowest BCUT2D eigenvalue weighted by molar-refractivity contribution is 1.11. The second-order valence-corrected chi connectivity index (χ2v) is 4.01. The Kier molecular flexibility index (Phi) is 3.51. The molecule has 0 heteroatoms. The molecule has 76 valence electrons. The lowest BCUT2D eigenvalue weighted by Crippen LogP contribution is -1.97. The predicted molar refractivity (Wildman–Crippen MR) is 63.9 cm³/mol. The van der Waals surface area contributed by atoms with Crippen molar-refractivity contribution in [2.45, 2.75) is 41.0 Å². The average Bonchev–Trinajstić information content (AvgIpc) is 2.15. The van der Waals surface area contributed by atoms with E-state index in [1.807, 2.05) is 0 Å². The minimum Gasteiger partial charge on any atom is -0.0913 e. The van der Waals surface area contributed by atoms with Gasteiger partial charge in [0.25, 0.3) is 0 Å². The maximum Gasteiger partial charge on any atom is -0.00921 e. The summed E-state index contributed by atoms with van der Waals surface area (Å²) in [6, 6.07) is 2.28. The predicted octanol–water partition coefficient (Wildman–Crippen LogP) is 4.04. The van der Waals surface area contributed by atoms with Crippen LogP contribution in [0.2, 0.25) is 0 Å². The van der Waals surface area contributed by atoms with Crippen molar-refractivity contribution in [2.75, 3.05) is 0 Å². The molecule has 1 aromatic rings. The van der Waals surface area contributed by atoms with E-state index in [1.54, 1.807) is 0 Å². The fourth-order valence-corrected chi connectivity index (χ4v) is 1.84. The Labute approximate surface area is 87.7 Å². The zero-order chi connectivity index (χ0) is 10.7. The molecule has 0 N–H and O–H groups in total. The van der Waals surface area contributed by atoms with Crippen LogP contribution in [-0.4, -0.2) is 0 Å². The smallest absolute Gasteiger partial charge is 0.00921 e. The molecule has 0 atom stereocenters. The van der Waals surface area contributed by atoms with Crippen molar-refractivity contribution >= 4 is 0 Å². The Morgan fingerprint density at radius 3 is 1.93 bits per heavy atom. The van der Waals surface area contributed by atoms with Gasteiger partial charge in [0.2, 0.25) is 0 Å². The van der Waals surface area contributed by atoms with Crippen LogP contribution in [0.1, 0.15) is 34.7 Å². The normalized spacial score (nSPS) is 11.2. The molecule has 14 heavy (non-hydrogen) atoms. The summed E-state index contributed by atoms with van der Waals surface area (Å²) in [4.78, 5) is 0. The molecule has 0 aliphatic rings. The van der Waals surface area contributed by atoms with Crippen molar-refractivity contribution in [3.8, 4) is 0 Å². The van der Waals surface area contributed by atoms with Crippen molar-refractivity contribution in [3.63, 3.8) is 0 Å². The second kappa shape index (κ2) is 4.45. The summed E-state index contributed by atoms with van der Waals surface area (Å²) in [5.74, 6) is 0. The van der Waals surface area contributed by atoms with Crippen LogP contribution in [0.5, 0.6) is 0 Å². The van der Waals surface area contributed by atoms with Gasteiger partial charge in [-0.1, -0.05) is 18.2 Å². The molecular formula is C14H20.